The number of rotatable bonds is 13. The van der Waals surface area contributed by atoms with Crippen molar-refractivity contribution in [3.05, 3.63) is 18.5 Å². The smallest absolute Gasteiger partial charge is 0.0860 e. The van der Waals surface area contributed by atoms with Crippen molar-refractivity contribution < 1.29 is 5.11 Å². The highest BCUT2D eigenvalue weighted by Gasteiger charge is 2.04. The van der Waals surface area contributed by atoms with Gasteiger partial charge in [-0.3, -0.25) is 4.68 Å². The van der Waals surface area contributed by atoms with Crippen LogP contribution in [0.3, 0.4) is 0 Å². The minimum absolute atomic E-state index is 0.357. The number of nitrogens with zero attached hydrogens (tertiary/aromatic N) is 2. The van der Waals surface area contributed by atoms with Gasteiger partial charge in [0.15, 0.2) is 0 Å². The van der Waals surface area contributed by atoms with Gasteiger partial charge in [-0.05, 0) is 19.0 Å². The van der Waals surface area contributed by atoms with Crippen LogP contribution in [0, 0.1) is 0 Å². The van der Waals surface area contributed by atoms with Crippen molar-refractivity contribution in [2.45, 2.75) is 70.9 Å². The highest BCUT2D eigenvalue weighted by molar-refractivity contribution is 4.78. The van der Waals surface area contributed by atoms with Crippen molar-refractivity contribution in [3.63, 3.8) is 0 Å². The molecule has 1 rings (SSSR count). The zero-order chi connectivity index (χ0) is 14.5. The van der Waals surface area contributed by atoms with Gasteiger partial charge < -0.3 is 10.4 Å². The molecule has 1 unspecified atom stereocenters. The Labute approximate surface area is 123 Å². The normalized spacial score (nSPS) is 12.7. The number of nitrogens with one attached hydrogen (secondary N) is 1. The van der Waals surface area contributed by atoms with E-state index in [4.69, 9.17) is 0 Å². The summed E-state index contributed by atoms with van der Waals surface area (Å²) in [4.78, 5) is 0. The minimum Gasteiger partial charge on any atom is -0.390 e. The number of unbranched alkanes of at least 4 members (excludes halogenated alkanes) is 7. The van der Waals surface area contributed by atoms with Crippen molar-refractivity contribution in [3.8, 4) is 0 Å². The average Bonchev–Trinajstić information content (AvgIpc) is 2.93. The molecule has 0 bridgehead atoms. The minimum atomic E-state index is -0.357. The number of hydrogen-bond acceptors (Lipinski definition) is 3. The summed E-state index contributed by atoms with van der Waals surface area (Å²) in [7, 11) is 0. The Bertz CT molecular complexity index is 301. The quantitative estimate of drug-likeness (QED) is 0.547. The lowest BCUT2D eigenvalue weighted by atomic mass is 10.1. The van der Waals surface area contributed by atoms with E-state index in [1.54, 1.807) is 10.9 Å². The summed E-state index contributed by atoms with van der Waals surface area (Å²) in [6, 6.07) is 1.88. The molecule has 0 amide bonds. The maximum absolute atomic E-state index is 9.82. The Hall–Kier alpha value is -0.870. The maximum atomic E-state index is 9.82. The van der Waals surface area contributed by atoms with E-state index in [0.717, 1.165) is 6.54 Å². The molecule has 0 aliphatic carbocycles. The first-order valence-corrected chi connectivity index (χ1v) is 8.19. The van der Waals surface area contributed by atoms with Crippen molar-refractivity contribution in [1.82, 2.24) is 15.1 Å². The molecule has 0 radical (unpaired) electrons. The fourth-order valence-electron chi connectivity index (χ4n) is 2.34. The van der Waals surface area contributed by atoms with Crippen LogP contribution in [-0.2, 0) is 6.54 Å². The molecule has 2 N–H and O–H groups in total. The van der Waals surface area contributed by atoms with Gasteiger partial charge in [0.1, 0.15) is 0 Å². The van der Waals surface area contributed by atoms with Gasteiger partial charge >= 0.3 is 0 Å². The van der Waals surface area contributed by atoms with Gasteiger partial charge in [-0.2, -0.15) is 5.10 Å². The number of aromatic nitrogens is 2. The Morgan fingerprint density at radius 2 is 1.80 bits per heavy atom. The van der Waals surface area contributed by atoms with E-state index >= 15 is 0 Å². The van der Waals surface area contributed by atoms with E-state index < -0.39 is 0 Å². The molecule has 1 heterocycles. The molecule has 4 nitrogen and oxygen atoms in total. The second kappa shape index (κ2) is 11.9. The SMILES string of the molecule is CCCCCCCCCCNCC(O)Cn1cccn1. The Balaban J connectivity index is 1.82. The molecule has 0 fully saturated rings. The zero-order valence-corrected chi connectivity index (χ0v) is 12.9. The lowest BCUT2D eigenvalue weighted by molar-refractivity contribution is 0.147. The van der Waals surface area contributed by atoms with Crippen molar-refractivity contribution in [1.29, 1.82) is 0 Å². The highest BCUT2D eigenvalue weighted by atomic mass is 16.3. The van der Waals surface area contributed by atoms with Gasteiger partial charge in [0.2, 0.25) is 0 Å². The fourth-order valence-corrected chi connectivity index (χ4v) is 2.34. The molecule has 0 aromatic carbocycles. The van der Waals surface area contributed by atoms with Crippen LogP contribution >= 0.6 is 0 Å². The summed E-state index contributed by atoms with van der Waals surface area (Å²) >= 11 is 0. The van der Waals surface area contributed by atoms with Gasteiger partial charge in [-0.15, -0.1) is 0 Å². The van der Waals surface area contributed by atoms with E-state index in [0.29, 0.717) is 13.1 Å². The third-order valence-electron chi connectivity index (χ3n) is 3.54. The first-order chi connectivity index (χ1) is 9.83. The third kappa shape index (κ3) is 9.10. The molecule has 0 spiro atoms. The van der Waals surface area contributed by atoms with Gasteiger partial charge in [0, 0.05) is 18.9 Å². The molecular weight excluding hydrogens is 250 g/mol. The molecule has 1 atom stereocenters. The Morgan fingerprint density at radius 1 is 1.10 bits per heavy atom. The second-order valence-electron chi connectivity index (χ2n) is 5.56. The van der Waals surface area contributed by atoms with Crippen LogP contribution < -0.4 is 5.32 Å². The third-order valence-corrected chi connectivity index (χ3v) is 3.54. The first kappa shape index (κ1) is 17.2. The fraction of sp³-hybridized carbons (Fsp3) is 0.812. The van der Waals surface area contributed by atoms with E-state index in [1.807, 2.05) is 12.3 Å². The van der Waals surface area contributed by atoms with Crippen molar-refractivity contribution >= 4 is 0 Å². The summed E-state index contributed by atoms with van der Waals surface area (Å²) in [6.45, 7) is 4.48. The molecule has 116 valence electrons. The van der Waals surface area contributed by atoms with Crippen LogP contribution in [0.2, 0.25) is 0 Å². The van der Waals surface area contributed by atoms with Gasteiger partial charge in [0.25, 0.3) is 0 Å². The standard InChI is InChI=1S/C16H31N3O/c1-2-3-4-5-6-7-8-9-11-17-14-16(20)15-19-13-10-12-18-19/h10,12-13,16-17,20H,2-9,11,14-15H2,1H3. The van der Waals surface area contributed by atoms with E-state index in [2.05, 4.69) is 17.3 Å². The molecule has 1 aromatic heterocycles. The first-order valence-electron chi connectivity index (χ1n) is 8.19. The van der Waals surface area contributed by atoms with E-state index in [9.17, 15) is 5.11 Å². The molecule has 0 saturated carbocycles. The van der Waals surface area contributed by atoms with Gasteiger partial charge in [-0.1, -0.05) is 51.9 Å². The van der Waals surface area contributed by atoms with Crippen molar-refractivity contribution in [2.75, 3.05) is 13.1 Å². The molecule has 0 aliphatic rings. The monoisotopic (exact) mass is 281 g/mol. The van der Waals surface area contributed by atoms with Crippen molar-refractivity contribution in [2.24, 2.45) is 0 Å². The van der Waals surface area contributed by atoms with Crippen LogP contribution in [0.5, 0.6) is 0 Å². The summed E-state index contributed by atoms with van der Waals surface area (Å²) in [6.07, 6.45) is 14.0. The van der Waals surface area contributed by atoms with E-state index in [1.165, 1.54) is 51.4 Å². The number of aliphatic hydroxyl groups excluding tert-OH is 1. The van der Waals surface area contributed by atoms with Crippen LogP contribution in [0.4, 0.5) is 0 Å². The summed E-state index contributed by atoms with van der Waals surface area (Å²) in [5, 5.41) is 17.2. The zero-order valence-electron chi connectivity index (χ0n) is 12.9. The topological polar surface area (TPSA) is 50.1 Å². The number of aliphatic hydroxyl groups is 1. The predicted molar refractivity (Wildman–Crippen MR) is 83.7 cm³/mol. The van der Waals surface area contributed by atoms with Crippen LogP contribution in [-0.4, -0.2) is 34.1 Å². The van der Waals surface area contributed by atoms with Gasteiger partial charge in [0.05, 0.1) is 12.6 Å². The largest absolute Gasteiger partial charge is 0.390 e. The van der Waals surface area contributed by atoms with Gasteiger partial charge in [-0.25, -0.2) is 0 Å². The molecular formula is C16H31N3O. The summed E-state index contributed by atoms with van der Waals surface area (Å²) < 4.78 is 1.77. The average molecular weight is 281 g/mol. The Kier molecular flexibility index (Phi) is 10.2. The highest BCUT2D eigenvalue weighted by Crippen LogP contribution is 2.07. The molecule has 4 heteroatoms. The summed E-state index contributed by atoms with van der Waals surface area (Å²) in [5.41, 5.74) is 0. The summed E-state index contributed by atoms with van der Waals surface area (Å²) in [5.74, 6) is 0. The van der Waals surface area contributed by atoms with E-state index in [-0.39, 0.29) is 6.10 Å². The van der Waals surface area contributed by atoms with Crippen LogP contribution in [0.1, 0.15) is 58.3 Å². The molecule has 1 aromatic rings. The lowest BCUT2D eigenvalue weighted by Crippen LogP contribution is -2.31. The van der Waals surface area contributed by atoms with Crippen LogP contribution in [0.15, 0.2) is 18.5 Å². The Morgan fingerprint density at radius 3 is 2.45 bits per heavy atom. The maximum Gasteiger partial charge on any atom is 0.0860 e. The second-order valence-corrected chi connectivity index (χ2v) is 5.56. The molecule has 20 heavy (non-hydrogen) atoms. The number of hydrogen-bond donors (Lipinski definition) is 2. The lowest BCUT2D eigenvalue weighted by Gasteiger charge is -2.11. The van der Waals surface area contributed by atoms with Crippen LogP contribution in [0.25, 0.3) is 0 Å². The molecule has 0 aliphatic heterocycles. The predicted octanol–water partition coefficient (Wildman–Crippen LogP) is 2.97. The molecule has 0 saturated heterocycles.